The van der Waals surface area contributed by atoms with E-state index in [1.54, 1.807) is 32.2 Å². The first kappa shape index (κ1) is 11.5. The minimum absolute atomic E-state index is 0.0677. The molecule has 4 N–H and O–H groups in total. The van der Waals surface area contributed by atoms with Crippen molar-refractivity contribution in [2.75, 3.05) is 11.9 Å². The Labute approximate surface area is 88.3 Å². The number of carbonyl (C=O) groups excluding carboxylic acids is 1. The second-order valence-corrected chi connectivity index (χ2v) is 3.93. The summed E-state index contributed by atoms with van der Waals surface area (Å²) in [5, 5.41) is 12.0. The van der Waals surface area contributed by atoms with Gasteiger partial charge in [0.15, 0.2) is 0 Å². The van der Waals surface area contributed by atoms with Crippen LogP contribution in [0, 0.1) is 0 Å². The standard InChI is InChI=1S/C10H15N3O2/c1-10(2,6-14)13-9-7(8(11)15)4-3-5-12-9/h3-5,14H,6H2,1-2H3,(H2,11,15)(H,12,13). The van der Waals surface area contributed by atoms with Crippen LogP contribution in [0.3, 0.4) is 0 Å². The van der Waals surface area contributed by atoms with Gasteiger partial charge in [-0.25, -0.2) is 4.98 Å². The predicted octanol–water partition coefficient (Wildman–Crippen LogP) is 0.363. The number of aliphatic hydroxyl groups is 1. The van der Waals surface area contributed by atoms with Crippen molar-refractivity contribution in [1.29, 1.82) is 0 Å². The monoisotopic (exact) mass is 209 g/mol. The van der Waals surface area contributed by atoms with E-state index in [-0.39, 0.29) is 6.61 Å². The average molecular weight is 209 g/mol. The molecular formula is C10H15N3O2. The third-order valence-corrected chi connectivity index (χ3v) is 1.93. The molecule has 1 rings (SSSR count). The van der Waals surface area contributed by atoms with E-state index in [0.29, 0.717) is 11.4 Å². The summed E-state index contributed by atoms with van der Waals surface area (Å²) >= 11 is 0. The number of carbonyl (C=O) groups is 1. The molecular weight excluding hydrogens is 194 g/mol. The average Bonchev–Trinajstić information content (AvgIpc) is 2.18. The highest BCUT2D eigenvalue weighted by atomic mass is 16.3. The Morgan fingerprint density at radius 3 is 2.87 bits per heavy atom. The summed E-state index contributed by atoms with van der Waals surface area (Å²) in [5.41, 5.74) is 4.97. The lowest BCUT2D eigenvalue weighted by atomic mass is 10.1. The number of nitrogens with one attached hydrogen (secondary N) is 1. The number of nitrogens with two attached hydrogens (primary N) is 1. The molecule has 15 heavy (non-hydrogen) atoms. The van der Waals surface area contributed by atoms with Gasteiger partial charge in [0.2, 0.25) is 0 Å². The van der Waals surface area contributed by atoms with Crippen molar-refractivity contribution in [3.8, 4) is 0 Å². The quantitative estimate of drug-likeness (QED) is 0.668. The number of nitrogens with zero attached hydrogens (tertiary/aromatic N) is 1. The smallest absolute Gasteiger partial charge is 0.252 e. The Morgan fingerprint density at radius 2 is 2.33 bits per heavy atom. The van der Waals surface area contributed by atoms with E-state index in [0.717, 1.165) is 0 Å². The van der Waals surface area contributed by atoms with E-state index < -0.39 is 11.4 Å². The molecule has 0 bridgehead atoms. The number of anilines is 1. The second-order valence-electron chi connectivity index (χ2n) is 3.93. The molecule has 0 unspecified atom stereocenters. The van der Waals surface area contributed by atoms with Crippen LogP contribution in [0.15, 0.2) is 18.3 Å². The minimum atomic E-state index is -0.543. The maximum atomic E-state index is 11.1. The van der Waals surface area contributed by atoms with Crippen LogP contribution in [-0.4, -0.2) is 28.1 Å². The van der Waals surface area contributed by atoms with Gasteiger partial charge < -0.3 is 16.2 Å². The Balaban J connectivity index is 2.99. The van der Waals surface area contributed by atoms with Crippen LogP contribution < -0.4 is 11.1 Å². The van der Waals surface area contributed by atoms with Gasteiger partial charge in [-0.3, -0.25) is 4.79 Å². The number of pyridine rings is 1. The SMILES string of the molecule is CC(C)(CO)Nc1ncccc1C(N)=O. The zero-order valence-corrected chi connectivity index (χ0v) is 8.82. The largest absolute Gasteiger partial charge is 0.394 e. The molecule has 0 atom stereocenters. The van der Waals surface area contributed by atoms with Crippen molar-refractivity contribution < 1.29 is 9.90 Å². The number of primary amides is 1. The number of hydrogen-bond acceptors (Lipinski definition) is 4. The number of aromatic nitrogens is 1. The normalized spacial score (nSPS) is 11.1. The topological polar surface area (TPSA) is 88.2 Å². The molecule has 82 valence electrons. The Kier molecular flexibility index (Phi) is 3.26. The molecule has 5 nitrogen and oxygen atoms in total. The van der Waals surface area contributed by atoms with Crippen molar-refractivity contribution in [3.63, 3.8) is 0 Å². The third kappa shape index (κ3) is 2.92. The summed E-state index contributed by atoms with van der Waals surface area (Å²) < 4.78 is 0. The molecule has 0 saturated heterocycles. The minimum Gasteiger partial charge on any atom is -0.394 e. The molecule has 0 fully saturated rings. The van der Waals surface area contributed by atoms with E-state index in [4.69, 9.17) is 10.8 Å². The van der Waals surface area contributed by atoms with Crippen molar-refractivity contribution in [3.05, 3.63) is 23.9 Å². The van der Waals surface area contributed by atoms with Crippen molar-refractivity contribution in [1.82, 2.24) is 4.98 Å². The van der Waals surface area contributed by atoms with E-state index in [1.807, 2.05) is 0 Å². The van der Waals surface area contributed by atoms with E-state index in [9.17, 15) is 4.79 Å². The summed E-state index contributed by atoms with van der Waals surface area (Å²) in [6.07, 6.45) is 1.56. The maximum Gasteiger partial charge on any atom is 0.252 e. The summed E-state index contributed by atoms with van der Waals surface area (Å²) in [5.74, 6) is -0.150. The Bertz CT molecular complexity index is 363. The van der Waals surface area contributed by atoms with Gasteiger partial charge in [-0.1, -0.05) is 0 Å². The summed E-state index contributed by atoms with van der Waals surface area (Å²) in [6, 6.07) is 3.22. The van der Waals surface area contributed by atoms with Gasteiger partial charge in [0.05, 0.1) is 17.7 Å². The van der Waals surface area contributed by atoms with Crippen LogP contribution in [0.5, 0.6) is 0 Å². The summed E-state index contributed by atoms with van der Waals surface area (Å²) in [4.78, 5) is 15.1. The summed E-state index contributed by atoms with van der Waals surface area (Å²) in [7, 11) is 0. The molecule has 0 saturated carbocycles. The first-order chi connectivity index (χ1) is 6.96. The zero-order valence-electron chi connectivity index (χ0n) is 8.82. The lowest BCUT2D eigenvalue weighted by Gasteiger charge is -2.24. The number of aliphatic hydroxyl groups excluding tert-OH is 1. The lowest BCUT2D eigenvalue weighted by Crippen LogP contribution is -2.36. The predicted molar refractivity (Wildman–Crippen MR) is 57.5 cm³/mol. The van der Waals surface area contributed by atoms with Crippen LogP contribution >= 0.6 is 0 Å². The van der Waals surface area contributed by atoms with Crippen LogP contribution in [-0.2, 0) is 0 Å². The van der Waals surface area contributed by atoms with Gasteiger partial charge in [-0.2, -0.15) is 0 Å². The highest BCUT2D eigenvalue weighted by Gasteiger charge is 2.19. The number of hydrogen-bond donors (Lipinski definition) is 3. The lowest BCUT2D eigenvalue weighted by molar-refractivity contribution is 0.100. The number of rotatable bonds is 4. The highest BCUT2D eigenvalue weighted by molar-refractivity contribution is 5.97. The van der Waals surface area contributed by atoms with Gasteiger partial charge in [-0.05, 0) is 26.0 Å². The van der Waals surface area contributed by atoms with Crippen molar-refractivity contribution in [2.45, 2.75) is 19.4 Å². The Hall–Kier alpha value is -1.62. The fraction of sp³-hybridized carbons (Fsp3) is 0.400. The Morgan fingerprint density at radius 1 is 1.67 bits per heavy atom. The molecule has 1 aromatic rings. The summed E-state index contributed by atoms with van der Waals surface area (Å²) in [6.45, 7) is 3.53. The molecule has 5 heteroatoms. The van der Waals surface area contributed by atoms with Crippen molar-refractivity contribution >= 4 is 11.7 Å². The van der Waals surface area contributed by atoms with E-state index in [1.165, 1.54) is 0 Å². The molecule has 0 spiro atoms. The molecule has 0 aromatic carbocycles. The highest BCUT2D eigenvalue weighted by Crippen LogP contribution is 2.16. The molecule has 0 aliphatic rings. The molecule has 1 heterocycles. The molecule has 0 aliphatic heterocycles. The molecule has 1 amide bonds. The molecule has 0 aliphatic carbocycles. The fourth-order valence-electron chi connectivity index (χ4n) is 1.06. The second kappa shape index (κ2) is 4.27. The van der Waals surface area contributed by atoms with Crippen LogP contribution in [0.4, 0.5) is 5.82 Å². The molecule has 1 aromatic heterocycles. The number of amides is 1. The zero-order chi connectivity index (χ0) is 11.5. The van der Waals surface area contributed by atoms with Crippen LogP contribution in [0.25, 0.3) is 0 Å². The van der Waals surface area contributed by atoms with Gasteiger partial charge in [0.25, 0.3) is 5.91 Å². The third-order valence-electron chi connectivity index (χ3n) is 1.93. The van der Waals surface area contributed by atoms with E-state index >= 15 is 0 Å². The first-order valence-corrected chi connectivity index (χ1v) is 4.60. The van der Waals surface area contributed by atoms with E-state index in [2.05, 4.69) is 10.3 Å². The van der Waals surface area contributed by atoms with Crippen LogP contribution in [0.1, 0.15) is 24.2 Å². The van der Waals surface area contributed by atoms with Gasteiger partial charge in [-0.15, -0.1) is 0 Å². The maximum absolute atomic E-state index is 11.1. The molecule has 0 radical (unpaired) electrons. The van der Waals surface area contributed by atoms with Gasteiger partial charge in [0.1, 0.15) is 5.82 Å². The van der Waals surface area contributed by atoms with Crippen LogP contribution in [0.2, 0.25) is 0 Å². The van der Waals surface area contributed by atoms with Gasteiger partial charge >= 0.3 is 0 Å². The first-order valence-electron chi connectivity index (χ1n) is 4.60. The fourth-order valence-corrected chi connectivity index (χ4v) is 1.06. The van der Waals surface area contributed by atoms with Gasteiger partial charge in [0, 0.05) is 6.20 Å². The van der Waals surface area contributed by atoms with Crippen molar-refractivity contribution in [2.24, 2.45) is 5.73 Å².